The van der Waals surface area contributed by atoms with E-state index in [0.29, 0.717) is 60.3 Å². The SMILES string of the molecule is COc1ccc(CN(c2ccncn2)S(=O)(=O)c2cc(Cl)c(N[C@H]3CCC(c4cccc(C(F)(F)F)c4)C[C@@H]3N(C)C)cc2F)c(OC)c1.C[N+](C)([O-])[C@H]1CC(c2cccc(C(F)(F)F)c2)CC[C@@H]1Nc1cc(F)c(S(=O)(=O)Nc2ccncn2)cc1Cl. The number of hydrogen-bond acceptors (Lipinski definition) is 14. The molecule has 2 fully saturated rings. The molecule has 0 aliphatic heterocycles. The third-order valence-corrected chi connectivity index (χ3v) is 19.3. The van der Waals surface area contributed by atoms with E-state index in [4.69, 9.17) is 32.7 Å². The van der Waals surface area contributed by atoms with Gasteiger partial charge in [-0.2, -0.15) is 26.3 Å². The van der Waals surface area contributed by atoms with Gasteiger partial charge in [-0.1, -0.05) is 59.6 Å². The molecule has 17 nitrogen and oxygen atoms in total. The van der Waals surface area contributed by atoms with Crippen molar-refractivity contribution in [2.24, 2.45) is 0 Å². The molecule has 2 unspecified atom stereocenters. The topological polar surface area (TPSA) is 204 Å². The molecule has 2 aliphatic carbocycles. The minimum absolute atomic E-state index is 0.00282. The summed E-state index contributed by atoms with van der Waals surface area (Å²) >= 11 is 13.0. The zero-order valence-electron chi connectivity index (χ0n) is 48.1. The molecule has 5 aromatic carbocycles. The molecule has 9 rings (SSSR count). The highest BCUT2D eigenvalue weighted by Crippen LogP contribution is 2.43. The first-order valence-corrected chi connectivity index (χ1v) is 30.9. The summed E-state index contributed by atoms with van der Waals surface area (Å²) < 4.78 is 178. The molecule has 2 aromatic heterocycles. The number of quaternary nitrogens is 1. The zero-order chi connectivity index (χ0) is 64.1. The van der Waals surface area contributed by atoms with E-state index in [9.17, 15) is 48.4 Å². The Labute approximate surface area is 514 Å². The highest BCUT2D eigenvalue weighted by Gasteiger charge is 2.41. The summed E-state index contributed by atoms with van der Waals surface area (Å²) in [6.45, 7) is -0.261. The maximum absolute atomic E-state index is 15.9. The first kappa shape index (κ1) is 66.8. The molecule has 0 bridgehead atoms. The molecular formula is C59H62Cl2F8N10O7S2. The van der Waals surface area contributed by atoms with Crippen LogP contribution in [0.25, 0.3) is 0 Å². The lowest BCUT2D eigenvalue weighted by atomic mass is 9.77. The van der Waals surface area contributed by atoms with Crippen molar-refractivity contribution in [3.63, 3.8) is 0 Å². The molecule has 88 heavy (non-hydrogen) atoms. The highest BCUT2D eigenvalue weighted by atomic mass is 35.5. The standard InChI is InChI=1S/C34H36ClF4N5O4S.C25H26ClF4N5O3S/c1-43(2)30-15-22(21-6-5-7-24(14-21)34(37,38)39)9-11-28(30)42-29-18-27(36)32(17-26(29)35)49(45,46)44(33-12-13-40-20-41-33)19-23-8-10-25(47-3)16-31(23)48-4;1-35(2,36)22-11-16(15-4-3-5-17(10-15)25(28,29)30)6-7-20(22)33-21-13-19(27)23(12-18(21)26)39(37,38)34-24-8-9-31-14-32-24/h5-8,10,12-14,16-18,20,22,28,30,42H,9,11,15,19H2,1-4H3;3-5,8-10,12-14,16,20,22,33H,6-7,11H2,1-2H3,(H,31,32,34)/t22?,28-,30-;16?,20-,22-/m00/s1. The second kappa shape index (κ2) is 27.3. The number of ether oxygens (including phenoxy) is 2. The Morgan fingerprint density at radius 2 is 1.22 bits per heavy atom. The van der Waals surface area contributed by atoms with Gasteiger partial charge in [0, 0.05) is 48.6 Å². The molecule has 3 N–H and O–H groups in total. The van der Waals surface area contributed by atoms with Crippen molar-refractivity contribution in [3.05, 3.63) is 183 Å². The summed E-state index contributed by atoms with van der Waals surface area (Å²) in [6.07, 6.45) is -1.10. The van der Waals surface area contributed by atoms with Crippen LogP contribution in [0.2, 0.25) is 10.0 Å². The van der Waals surface area contributed by atoms with Gasteiger partial charge in [0.1, 0.15) is 63.3 Å². The van der Waals surface area contributed by atoms with Crippen LogP contribution >= 0.6 is 23.2 Å². The molecule has 2 aliphatic rings. The zero-order valence-corrected chi connectivity index (χ0v) is 51.3. The number of nitrogens with one attached hydrogen (secondary N) is 3. The van der Waals surface area contributed by atoms with Crippen LogP contribution in [0.3, 0.4) is 0 Å². The van der Waals surface area contributed by atoms with Crippen molar-refractivity contribution in [1.82, 2.24) is 24.8 Å². The Hall–Kier alpha value is -7.14. The largest absolute Gasteiger partial charge is 0.633 e. The number of aromatic nitrogens is 4. The van der Waals surface area contributed by atoms with E-state index in [2.05, 4.69) is 35.3 Å². The number of halogens is 10. The number of hydroxylamine groups is 3. The molecule has 2 heterocycles. The Morgan fingerprint density at radius 1 is 0.670 bits per heavy atom. The lowest BCUT2D eigenvalue weighted by molar-refractivity contribution is -0.868. The van der Waals surface area contributed by atoms with Crippen LogP contribution in [0.1, 0.15) is 78.2 Å². The molecule has 0 radical (unpaired) electrons. The monoisotopic (exact) mass is 1310 g/mol. The van der Waals surface area contributed by atoms with Gasteiger partial charge in [0.2, 0.25) is 0 Å². The average molecular weight is 1310 g/mol. The predicted octanol–water partition coefficient (Wildman–Crippen LogP) is 13.2. The molecular weight excluding hydrogens is 1250 g/mol. The van der Waals surface area contributed by atoms with E-state index in [1.165, 1.54) is 77.4 Å². The molecule has 7 aromatic rings. The van der Waals surface area contributed by atoms with E-state index < -0.39 is 81.7 Å². The lowest BCUT2D eigenvalue weighted by Gasteiger charge is -2.49. The van der Waals surface area contributed by atoms with Gasteiger partial charge in [-0.25, -0.2) is 49.9 Å². The summed E-state index contributed by atoms with van der Waals surface area (Å²) in [7, 11) is 0.574. The third-order valence-electron chi connectivity index (χ3n) is 15.5. The second-order valence-corrected chi connectivity index (χ2v) is 26.1. The van der Waals surface area contributed by atoms with Gasteiger partial charge < -0.3 is 34.9 Å². The number of sulfonamides is 2. The first-order chi connectivity index (χ1) is 41.4. The minimum Gasteiger partial charge on any atom is -0.633 e. The van der Waals surface area contributed by atoms with Gasteiger partial charge in [-0.05, 0) is 124 Å². The van der Waals surface area contributed by atoms with E-state index in [1.54, 1.807) is 30.3 Å². The average Bonchev–Trinajstić information content (AvgIpc) is 1.15. The van der Waals surface area contributed by atoms with Crippen LogP contribution < -0.4 is 29.1 Å². The third kappa shape index (κ3) is 16.0. The molecule has 6 atom stereocenters. The van der Waals surface area contributed by atoms with Crippen LogP contribution in [0.5, 0.6) is 11.5 Å². The van der Waals surface area contributed by atoms with E-state index >= 15 is 8.78 Å². The van der Waals surface area contributed by atoms with Crippen LogP contribution in [-0.4, -0.2) is 113 Å². The van der Waals surface area contributed by atoms with Crippen molar-refractivity contribution in [3.8, 4) is 11.5 Å². The lowest BCUT2D eigenvalue weighted by Crippen LogP contribution is -2.55. The quantitative estimate of drug-likeness (QED) is 0.0416. The predicted molar refractivity (Wildman–Crippen MR) is 318 cm³/mol. The van der Waals surface area contributed by atoms with E-state index in [0.717, 1.165) is 53.1 Å². The van der Waals surface area contributed by atoms with Gasteiger partial charge in [0.25, 0.3) is 20.0 Å². The van der Waals surface area contributed by atoms with Gasteiger partial charge in [0.15, 0.2) is 0 Å². The fourth-order valence-corrected chi connectivity index (χ4v) is 14.2. The maximum Gasteiger partial charge on any atom is 0.416 e. The van der Waals surface area contributed by atoms with Crippen LogP contribution in [0.4, 0.5) is 58.1 Å². The molecule has 472 valence electrons. The highest BCUT2D eigenvalue weighted by molar-refractivity contribution is 7.93. The molecule has 2 saturated carbocycles. The van der Waals surface area contributed by atoms with Crippen molar-refractivity contribution < 1.29 is 66.1 Å². The first-order valence-electron chi connectivity index (χ1n) is 27.2. The van der Waals surface area contributed by atoms with Gasteiger partial charge in [-0.3, -0.25) is 4.72 Å². The number of hydrogen-bond donors (Lipinski definition) is 3. The van der Waals surface area contributed by atoms with Gasteiger partial charge in [-0.15, -0.1) is 0 Å². The summed E-state index contributed by atoms with van der Waals surface area (Å²) in [5.74, 6) is -1.72. The fourth-order valence-electron chi connectivity index (χ4n) is 11.0. The van der Waals surface area contributed by atoms with Crippen molar-refractivity contribution in [1.29, 1.82) is 0 Å². The summed E-state index contributed by atoms with van der Waals surface area (Å²) in [5, 5.41) is 19.3. The van der Waals surface area contributed by atoms with E-state index in [-0.39, 0.29) is 69.9 Å². The van der Waals surface area contributed by atoms with Crippen molar-refractivity contribution in [2.75, 3.05) is 62.1 Å². The molecule has 0 spiro atoms. The van der Waals surface area contributed by atoms with E-state index in [1.807, 2.05) is 19.0 Å². The summed E-state index contributed by atoms with van der Waals surface area (Å²) in [4.78, 5) is 16.0. The van der Waals surface area contributed by atoms with Crippen LogP contribution in [0.15, 0.2) is 138 Å². The Balaban J connectivity index is 0.000000234. The number of benzene rings is 5. The molecule has 0 saturated heterocycles. The molecule has 0 amide bonds. The Kier molecular flexibility index (Phi) is 20.7. The number of anilines is 4. The van der Waals surface area contributed by atoms with Gasteiger partial charge >= 0.3 is 12.4 Å². The number of rotatable bonds is 18. The van der Waals surface area contributed by atoms with Crippen molar-refractivity contribution in [2.45, 2.75) is 103 Å². The number of methoxy groups -OCH3 is 2. The van der Waals surface area contributed by atoms with Crippen LogP contribution in [-0.2, 0) is 38.9 Å². The Bertz CT molecular complexity index is 3800. The maximum atomic E-state index is 15.9. The minimum atomic E-state index is -4.59. The number of nitrogens with zero attached hydrogens (tertiary/aromatic N) is 7. The summed E-state index contributed by atoms with van der Waals surface area (Å²) in [5.41, 5.74) is 0.417. The fraction of sp³-hybridized carbons (Fsp3) is 0.356. The Morgan fingerprint density at radius 3 is 1.74 bits per heavy atom. The van der Waals surface area contributed by atoms with Gasteiger partial charge in [0.05, 0.1) is 73.4 Å². The second-order valence-electron chi connectivity index (χ2n) is 21.8. The number of alkyl halides is 6. The smallest absolute Gasteiger partial charge is 0.416 e. The molecule has 29 heteroatoms. The van der Waals surface area contributed by atoms with Crippen LogP contribution in [0, 0.1) is 16.8 Å². The van der Waals surface area contributed by atoms with Crippen molar-refractivity contribution >= 4 is 66.3 Å². The normalized spacial score (nSPS) is 19.2. The summed E-state index contributed by atoms with van der Waals surface area (Å²) in [6, 6.07) is 20.6. The number of likely N-dealkylation sites (N-methyl/N-ethyl adjacent to an activating group) is 2.